The van der Waals surface area contributed by atoms with Crippen molar-refractivity contribution in [3.63, 3.8) is 0 Å². The number of anilines is 1. The number of ether oxygens (including phenoxy) is 1. The molecule has 0 aliphatic rings. The molecule has 0 fully saturated rings. The van der Waals surface area contributed by atoms with Crippen LogP contribution in [-0.4, -0.2) is 51.6 Å². The Hall–Kier alpha value is -2.09. The van der Waals surface area contributed by atoms with Gasteiger partial charge in [0.05, 0.1) is 12.0 Å². The van der Waals surface area contributed by atoms with Crippen LogP contribution in [0.15, 0.2) is 23.1 Å². The number of benzene rings is 1. The van der Waals surface area contributed by atoms with Crippen LogP contribution in [0.25, 0.3) is 0 Å². The summed E-state index contributed by atoms with van der Waals surface area (Å²) in [6.07, 6.45) is 1.03. The van der Waals surface area contributed by atoms with E-state index in [1.165, 1.54) is 30.2 Å². The largest absolute Gasteiger partial charge is 0.468 e. The van der Waals surface area contributed by atoms with Gasteiger partial charge in [0, 0.05) is 24.1 Å². The fraction of sp³-hybridized carbons (Fsp3) is 0.385. The Balaban J connectivity index is 3.17. The van der Waals surface area contributed by atoms with E-state index in [2.05, 4.69) is 4.74 Å². The van der Waals surface area contributed by atoms with Crippen molar-refractivity contribution < 1.29 is 22.7 Å². The molecule has 1 aromatic rings. The van der Waals surface area contributed by atoms with Crippen LogP contribution in [0.3, 0.4) is 0 Å². The molecule has 7 nitrogen and oxygen atoms in total. The zero-order chi connectivity index (χ0) is 16.2. The number of nitrogens with two attached hydrogens (primary N) is 1. The molecule has 0 atom stereocenters. The number of methoxy groups -OCH3 is 1. The van der Waals surface area contributed by atoms with Gasteiger partial charge in [-0.3, -0.25) is 9.59 Å². The maximum Gasteiger partial charge on any atom is 0.325 e. The van der Waals surface area contributed by atoms with Crippen molar-refractivity contribution in [3.05, 3.63) is 23.8 Å². The molecule has 0 aromatic heterocycles. The molecule has 2 N–H and O–H groups in total. The molecule has 1 rings (SSSR count). The third-order valence-corrected chi connectivity index (χ3v) is 3.91. The first kappa shape index (κ1) is 17.0. The average Bonchev–Trinajstić information content (AvgIpc) is 2.42. The number of nitrogens with zero attached hydrogens (tertiary/aromatic N) is 1. The molecule has 0 radical (unpaired) electrons. The van der Waals surface area contributed by atoms with E-state index in [4.69, 9.17) is 5.73 Å². The number of hydrogen-bond acceptors (Lipinski definition) is 6. The molecule has 0 spiro atoms. The molecule has 0 aliphatic heterocycles. The summed E-state index contributed by atoms with van der Waals surface area (Å²) in [6, 6.07) is 3.90. The van der Waals surface area contributed by atoms with Crippen molar-refractivity contribution in [3.8, 4) is 0 Å². The van der Waals surface area contributed by atoms with E-state index in [0.29, 0.717) is 0 Å². The van der Waals surface area contributed by atoms with Crippen LogP contribution in [0.4, 0.5) is 5.69 Å². The second-order valence-corrected chi connectivity index (χ2v) is 6.47. The summed E-state index contributed by atoms with van der Waals surface area (Å²) in [6.45, 7) is 1.76. The molecular weight excluding hydrogens is 296 g/mol. The van der Waals surface area contributed by atoms with E-state index < -0.39 is 21.7 Å². The Labute approximate surface area is 123 Å². The first-order chi connectivity index (χ1) is 9.68. The number of carbonyl (C=O) groups is 2. The molecule has 0 bridgehead atoms. The molecular formula is C13H18N2O5S. The predicted molar refractivity (Wildman–Crippen MR) is 77.6 cm³/mol. The summed E-state index contributed by atoms with van der Waals surface area (Å²) < 4.78 is 27.7. The van der Waals surface area contributed by atoms with E-state index in [-0.39, 0.29) is 29.2 Å². The molecule has 116 valence electrons. The molecule has 8 heteroatoms. The number of likely N-dealkylation sites (N-methyl/N-ethyl adjacent to an activating group) is 1. The first-order valence-electron chi connectivity index (χ1n) is 6.15. The number of sulfone groups is 1. The van der Waals surface area contributed by atoms with E-state index in [1.807, 2.05) is 0 Å². The van der Waals surface area contributed by atoms with E-state index in [9.17, 15) is 18.0 Å². The van der Waals surface area contributed by atoms with Gasteiger partial charge in [-0.05, 0) is 25.1 Å². The van der Waals surface area contributed by atoms with Gasteiger partial charge >= 0.3 is 5.97 Å². The van der Waals surface area contributed by atoms with Gasteiger partial charge < -0.3 is 15.4 Å². The topological polar surface area (TPSA) is 107 Å². The number of amides is 1. The number of rotatable bonds is 5. The van der Waals surface area contributed by atoms with Gasteiger partial charge in [-0.15, -0.1) is 0 Å². The smallest absolute Gasteiger partial charge is 0.325 e. The van der Waals surface area contributed by atoms with Crippen LogP contribution >= 0.6 is 0 Å². The van der Waals surface area contributed by atoms with Crippen LogP contribution in [0.2, 0.25) is 0 Å². The fourth-order valence-electron chi connectivity index (χ4n) is 1.69. The summed E-state index contributed by atoms with van der Waals surface area (Å²) in [5.74, 6) is -1.04. The third kappa shape index (κ3) is 4.45. The van der Waals surface area contributed by atoms with Crippen LogP contribution < -0.4 is 5.73 Å². The van der Waals surface area contributed by atoms with Crippen LogP contribution in [-0.2, 0) is 19.4 Å². The molecule has 0 unspecified atom stereocenters. The monoisotopic (exact) mass is 314 g/mol. The van der Waals surface area contributed by atoms with Crippen molar-refractivity contribution in [2.45, 2.75) is 11.8 Å². The Morgan fingerprint density at radius 1 is 1.29 bits per heavy atom. The van der Waals surface area contributed by atoms with Gasteiger partial charge in [-0.25, -0.2) is 8.42 Å². The van der Waals surface area contributed by atoms with Crippen molar-refractivity contribution in [2.24, 2.45) is 0 Å². The zero-order valence-electron chi connectivity index (χ0n) is 12.1. The summed E-state index contributed by atoms with van der Waals surface area (Å²) in [4.78, 5) is 24.8. The third-order valence-electron chi connectivity index (χ3n) is 2.82. The van der Waals surface area contributed by atoms with Crippen molar-refractivity contribution in [1.82, 2.24) is 4.90 Å². The molecule has 0 heterocycles. The van der Waals surface area contributed by atoms with Crippen molar-refractivity contribution >= 4 is 27.4 Å². The van der Waals surface area contributed by atoms with Gasteiger partial charge in [-0.1, -0.05) is 0 Å². The highest BCUT2D eigenvalue weighted by atomic mass is 32.2. The summed E-state index contributed by atoms with van der Waals surface area (Å²) >= 11 is 0. The number of carbonyl (C=O) groups excluding carboxylic acids is 2. The van der Waals surface area contributed by atoms with E-state index in [0.717, 1.165) is 6.26 Å². The molecule has 0 saturated heterocycles. The molecule has 21 heavy (non-hydrogen) atoms. The van der Waals surface area contributed by atoms with Gasteiger partial charge in [0.25, 0.3) is 5.91 Å². The van der Waals surface area contributed by atoms with Gasteiger partial charge in [0.1, 0.15) is 6.54 Å². The SMILES string of the molecule is CCN(CC(=O)OC)C(=O)c1cc(N)cc(S(C)(=O)=O)c1. The van der Waals surface area contributed by atoms with Crippen LogP contribution in [0, 0.1) is 0 Å². The number of nitrogen functional groups attached to an aromatic ring is 1. The Morgan fingerprint density at radius 3 is 2.38 bits per heavy atom. The highest BCUT2D eigenvalue weighted by Gasteiger charge is 2.20. The lowest BCUT2D eigenvalue weighted by atomic mass is 10.1. The number of hydrogen-bond donors (Lipinski definition) is 1. The summed E-state index contributed by atoms with van der Waals surface area (Å²) in [5.41, 5.74) is 5.91. The van der Waals surface area contributed by atoms with Gasteiger partial charge in [0.15, 0.2) is 9.84 Å². The van der Waals surface area contributed by atoms with Gasteiger partial charge in [-0.2, -0.15) is 0 Å². The van der Waals surface area contributed by atoms with Crippen LogP contribution in [0.5, 0.6) is 0 Å². The normalized spacial score (nSPS) is 11.0. The second kappa shape index (κ2) is 6.57. The molecule has 1 aromatic carbocycles. The Morgan fingerprint density at radius 2 is 1.90 bits per heavy atom. The lowest BCUT2D eigenvalue weighted by molar-refractivity contribution is -0.141. The van der Waals surface area contributed by atoms with E-state index in [1.54, 1.807) is 6.92 Å². The zero-order valence-corrected chi connectivity index (χ0v) is 12.9. The second-order valence-electron chi connectivity index (χ2n) is 4.46. The number of esters is 1. The molecule has 1 amide bonds. The molecule has 0 aliphatic carbocycles. The van der Waals surface area contributed by atoms with Crippen molar-refractivity contribution in [2.75, 3.05) is 32.2 Å². The first-order valence-corrected chi connectivity index (χ1v) is 8.05. The Bertz CT molecular complexity index is 655. The van der Waals surface area contributed by atoms with Crippen molar-refractivity contribution in [1.29, 1.82) is 0 Å². The minimum atomic E-state index is -3.48. The Kier molecular flexibility index (Phi) is 5.31. The lowest BCUT2D eigenvalue weighted by Gasteiger charge is -2.20. The van der Waals surface area contributed by atoms with Gasteiger partial charge in [0.2, 0.25) is 0 Å². The summed E-state index contributed by atoms with van der Waals surface area (Å²) in [5, 5.41) is 0. The standard InChI is InChI=1S/C13H18N2O5S/c1-4-15(8-12(16)20-2)13(17)9-5-10(14)7-11(6-9)21(3,18)19/h5-7H,4,8,14H2,1-3H3. The minimum Gasteiger partial charge on any atom is -0.468 e. The quantitative estimate of drug-likeness (QED) is 0.619. The lowest BCUT2D eigenvalue weighted by Crippen LogP contribution is -2.36. The predicted octanol–water partition coefficient (Wildman–Crippen LogP) is 0.307. The average molecular weight is 314 g/mol. The molecule has 0 saturated carbocycles. The van der Waals surface area contributed by atoms with Crippen LogP contribution in [0.1, 0.15) is 17.3 Å². The fourth-order valence-corrected chi connectivity index (χ4v) is 2.38. The highest BCUT2D eigenvalue weighted by Crippen LogP contribution is 2.18. The minimum absolute atomic E-state index is 0.0417. The summed E-state index contributed by atoms with van der Waals surface area (Å²) in [7, 11) is -2.26. The highest BCUT2D eigenvalue weighted by molar-refractivity contribution is 7.90. The maximum absolute atomic E-state index is 12.3. The van der Waals surface area contributed by atoms with E-state index >= 15 is 0 Å². The maximum atomic E-state index is 12.3.